The van der Waals surface area contributed by atoms with Crippen molar-refractivity contribution in [3.05, 3.63) is 47.8 Å². The van der Waals surface area contributed by atoms with Gasteiger partial charge in [0.25, 0.3) is 0 Å². The van der Waals surface area contributed by atoms with E-state index < -0.39 is 5.60 Å². The number of imidazole rings is 1. The first kappa shape index (κ1) is 26.1. The van der Waals surface area contributed by atoms with Crippen LogP contribution in [0.4, 0.5) is 5.95 Å². The number of benzene rings is 2. The Morgan fingerprint density at radius 1 is 1.07 bits per heavy atom. The van der Waals surface area contributed by atoms with Gasteiger partial charge in [0.2, 0.25) is 11.8 Å². The molecule has 5 heterocycles. The lowest BCUT2D eigenvalue weighted by atomic mass is 9.95. The Morgan fingerprint density at radius 2 is 1.88 bits per heavy atom. The summed E-state index contributed by atoms with van der Waals surface area (Å²) in [6.45, 7) is 6.31. The van der Waals surface area contributed by atoms with Crippen molar-refractivity contribution in [2.24, 2.45) is 0 Å². The van der Waals surface area contributed by atoms with Crippen molar-refractivity contribution in [1.29, 1.82) is 0 Å². The summed E-state index contributed by atoms with van der Waals surface area (Å²) in [5.41, 5.74) is 2.17. The van der Waals surface area contributed by atoms with Gasteiger partial charge in [-0.25, -0.2) is 4.98 Å². The molecule has 1 atom stereocenters. The summed E-state index contributed by atoms with van der Waals surface area (Å²) < 4.78 is 8.52. The summed E-state index contributed by atoms with van der Waals surface area (Å²) in [4.78, 5) is 19.2. The van der Waals surface area contributed by atoms with Crippen molar-refractivity contribution in [2.45, 2.75) is 63.1 Å². The monoisotopic (exact) mass is 552 g/mol. The number of aliphatic hydroxyl groups is 1. The van der Waals surface area contributed by atoms with Gasteiger partial charge in [-0.15, -0.1) is 6.42 Å². The van der Waals surface area contributed by atoms with Crippen LogP contribution in [-0.2, 0) is 6.54 Å². The third kappa shape index (κ3) is 4.65. The summed E-state index contributed by atoms with van der Waals surface area (Å²) in [6.07, 6.45) is 13.9. The number of β-amino-alcohol motifs (C(OH)–C–C–N with tert-alkyl or cyclic N) is 1. The van der Waals surface area contributed by atoms with Gasteiger partial charge in [-0.05, 0) is 87.7 Å². The largest absolute Gasteiger partial charge is 0.508 e. The fraction of sp³-hybridized carbons (Fsp3) is 0.469. The first-order valence-electron chi connectivity index (χ1n) is 14.6. The van der Waals surface area contributed by atoms with Gasteiger partial charge in [0, 0.05) is 24.0 Å². The fourth-order valence-corrected chi connectivity index (χ4v) is 7.25. The summed E-state index contributed by atoms with van der Waals surface area (Å²) in [7, 11) is 0. The number of phenolic OH excluding ortho intramolecular Hbond substituents is 1. The molecule has 4 aromatic rings. The number of aromatic nitrogens is 4. The zero-order valence-electron chi connectivity index (χ0n) is 23.5. The lowest BCUT2D eigenvalue weighted by Crippen LogP contribution is -2.47. The summed E-state index contributed by atoms with van der Waals surface area (Å²) in [6, 6.07) is 9.26. The summed E-state index contributed by atoms with van der Waals surface area (Å²) in [5.74, 6) is 3.98. The number of piperidine rings is 1. The molecule has 0 aliphatic carbocycles. The first-order chi connectivity index (χ1) is 19.8. The highest BCUT2D eigenvalue weighted by molar-refractivity contribution is 5.92. The zero-order valence-corrected chi connectivity index (χ0v) is 23.5. The number of hydrogen-bond acceptors (Lipinski definition) is 8. The minimum absolute atomic E-state index is 0.0703. The topological polar surface area (TPSA) is 99.8 Å². The van der Waals surface area contributed by atoms with Crippen LogP contribution in [0.3, 0.4) is 0 Å². The lowest BCUT2D eigenvalue weighted by molar-refractivity contribution is 0.0444. The third-order valence-electron chi connectivity index (χ3n) is 9.21. The molecule has 1 unspecified atom stereocenters. The molecule has 9 nitrogen and oxygen atoms in total. The average molecular weight is 553 g/mol. The number of hydrogen-bond donors (Lipinski definition) is 2. The predicted molar refractivity (Wildman–Crippen MR) is 158 cm³/mol. The molecule has 0 bridgehead atoms. The maximum absolute atomic E-state index is 10.8. The second-order valence-corrected chi connectivity index (χ2v) is 12.3. The normalized spacial score (nSPS) is 22.3. The molecular weight excluding hydrogens is 516 g/mol. The van der Waals surface area contributed by atoms with Gasteiger partial charge in [0.1, 0.15) is 12.4 Å². The molecular formula is C32H36N6O3. The molecule has 3 fully saturated rings. The molecule has 212 valence electrons. The summed E-state index contributed by atoms with van der Waals surface area (Å²) >= 11 is 0. The molecule has 2 aromatic heterocycles. The van der Waals surface area contributed by atoms with E-state index in [2.05, 4.69) is 10.8 Å². The Morgan fingerprint density at radius 3 is 2.66 bits per heavy atom. The Hall–Kier alpha value is -3.87. The molecule has 3 aliphatic heterocycles. The van der Waals surface area contributed by atoms with Gasteiger partial charge in [-0.2, -0.15) is 9.97 Å². The van der Waals surface area contributed by atoms with E-state index in [0.29, 0.717) is 42.7 Å². The fourth-order valence-electron chi connectivity index (χ4n) is 7.25. The second kappa shape index (κ2) is 9.89. The van der Waals surface area contributed by atoms with Crippen LogP contribution < -0.4 is 9.64 Å². The van der Waals surface area contributed by atoms with Crippen LogP contribution in [-0.4, -0.2) is 78.6 Å². The van der Waals surface area contributed by atoms with E-state index in [1.807, 2.05) is 34.6 Å². The molecule has 0 spiro atoms. The van der Waals surface area contributed by atoms with Crippen LogP contribution >= 0.6 is 0 Å². The maximum atomic E-state index is 10.8. The molecule has 0 amide bonds. The third-order valence-corrected chi connectivity index (χ3v) is 9.21. The number of fused-ring (bicyclic) bond motifs is 3. The van der Waals surface area contributed by atoms with E-state index >= 15 is 0 Å². The van der Waals surface area contributed by atoms with Crippen molar-refractivity contribution in [1.82, 2.24) is 24.4 Å². The highest BCUT2D eigenvalue weighted by atomic mass is 16.5. The Labute approximate surface area is 239 Å². The number of phenols is 1. The molecule has 0 saturated carbocycles. The van der Waals surface area contributed by atoms with Crippen LogP contribution in [0.5, 0.6) is 11.6 Å². The van der Waals surface area contributed by atoms with E-state index in [-0.39, 0.29) is 11.3 Å². The van der Waals surface area contributed by atoms with Crippen LogP contribution in [0, 0.1) is 12.3 Å². The van der Waals surface area contributed by atoms with Crippen LogP contribution in [0.25, 0.3) is 21.9 Å². The number of anilines is 1. The van der Waals surface area contributed by atoms with Crippen LogP contribution in [0.1, 0.15) is 56.6 Å². The first-order valence-corrected chi connectivity index (χ1v) is 14.6. The van der Waals surface area contributed by atoms with E-state index in [1.54, 1.807) is 18.5 Å². The SMILES string of the molecule is C#Cc1cccc2cc(O)cc(Cn3cnc4c(OCC56CCCN5CCC6)nc(N5CCCC(C)(O)C5)nc43)c12. The van der Waals surface area contributed by atoms with Gasteiger partial charge in [0.05, 0.1) is 24.0 Å². The van der Waals surface area contributed by atoms with E-state index in [9.17, 15) is 10.2 Å². The van der Waals surface area contributed by atoms with Crippen molar-refractivity contribution >= 4 is 27.9 Å². The Bertz CT molecular complexity index is 1660. The highest BCUT2D eigenvalue weighted by Gasteiger charge is 2.45. The number of rotatable bonds is 6. The van der Waals surface area contributed by atoms with Crippen molar-refractivity contribution < 1.29 is 14.9 Å². The molecule has 3 aliphatic rings. The van der Waals surface area contributed by atoms with Gasteiger partial charge < -0.3 is 24.4 Å². The molecule has 9 heteroatoms. The van der Waals surface area contributed by atoms with E-state index in [1.165, 1.54) is 12.8 Å². The quantitative estimate of drug-likeness (QED) is 0.346. The predicted octanol–water partition coefficient (Wildman–Crippen LogP) is 4.07. The van der Waals surface area contributed by atoms with E-state index in [0.717, 1.165) is 67.2 Å². The van der Waals surface area contributed by atoms with Gasteiger partial charge in [0.15, 0.2) is 11.2 Å². The Kier molecular flexibility index (Phi) is 6.29. The van der Waals surface area contributed by atoms with Gasteiger partial charge >= 0.3 is 0 Å². The molecule has 2 aromatic carbocycles. The van der Waals surface area contributed by atoms with Gasteiger partial charge in [-0.1, -0.05) is 18.1 Å². The van der Waals surface area contributed by atoms with Crippen molar-refractivity contribution in [2.75, 3.05) is 37.7 Å². The minimum Gasteiger partial charge on any atom is -0.508 e. The average Bonchev–Trinajstić information content (AvgIpc) is 3.65. The van der Waals surface area contributed by atoms with Crippen LogP contribution in [0.2, 0.25) is 0 Å². The summed E-state index contributed by atoms with van der Waals surface area (Å²) in [5, 5.41) is 23.2. The second-order valence-electron chi connectivity index (χ2n) is 12.3. The number of terminal acetylenes is 1. The zero-order chi connectivity index (χ0) is 28.2. The molecule has 2 N–H and O–H groups in total. The smallest absolute Gasteiger partial charge is 0.247 e. The lowest BCUT2D eigenvalue weighted by Gasteiger charge is -2.37. The van der Waals surface area contributed by atoms with Crippen molar-refractivity contribution in [3.63, 3.8) is 0 Å². The number of ether oxygens (including phenoxy) is 1. The molecule has 0 radical (unpaired) electrons. The standard InChI is InChI=1S/C32H36N6O3/c1-3-22-8-4-9-23-16-25(39)17-24(26(22)23)18-37-21-33-27-28(37)34-30(36-13-5-10-31(2,40)19-36)35-29(27)41-20-32-11-6-14-38(32)15-7-12-32/h1,4,8-9,16-17,21,39-40H,5-7,10-15,18-20H2,2H3. The highest BCUT2D eigenvalue weighted by Crippen LogP contribution is 2.40. The number of aromatic hydroxyl groups is 1. The van der Waals surface area contributed by atoms with E-state index in [4.69, 9.17) is 26.1 Å². The maximum Gasteiger partial charge on any atom is 0.247 e. The van der Waals surface area contributed by atoms with Crippen molar-refractivity contribution in [3.8, 4) is 24.0 Å². The molecule has 7 rings (SSSR count). The molecule has 3 saturated heterocycles. The van der Waals surface area contributed by atoms with Gasteiger partial charge in [-0.3, -0.25) is 4.90 Å². The molecule has 41 heavy (non-hydrogen) atoms. The van der Waals surface area contributed by atoms with Crippen LogP contribution in [0.15, 0.2) is 36.7 Å². The number of nitrogens with zero attached hydrogens (tertiary/aromatic N) is 6. The minimum atomic E-state index is -0.808. The Balaban J connectivity index is 1.31.